The highest BCUT2D eigenvalue weighted by molar-refractivity contribution is 6.43. The van der Waals surface area contributed by atoms with Gasteiger partial charge in [-0.1, -0.05) is 49.3 Å². The number of amides is 2. The summed E-state index contributed by atoms with van der Waals surface area (Å²) in [5.41, 5.74) is 0.475. The number of hydrogen-bond donors (Lipinski definition) is 4. The Kier molecular flexibility index (Phi) is 6.98. The number of fused-ring (bicyclic) bond motifs is 1. The lowest BCUT2D eigenvalue weighted by atomic mass is 9.72. The van der Waals surface area contributed by atoms with E-state index in [4.69, 9.17) is 4.84 Å². The average molecular weight is 517 g/mol. The van der Waals surface area contributed by atoms with Crippen molar-refractivity contribution in [3.63, 3.8) is 0 Å². The maximum Gasteiger partial charge on any atom is 0.475 e. The van der Waals surface area contributed by atoms with Crippen LogP contribution in [0.4, 0.5) is 0 Å². The van der Waals surface area contributed by atoms with E-state index in [-0.39, 0.29) is 24.8 Å². The highest BCUT2D eigenvalue weighted by Crippen LogP contribution is 2.60. The molecule has 2 amide bonds. The van der Waals surface area contributed by atoms with Gasteiger partial charge in [-0.05, 0) is 42.9 Å². The van der Waals surface area contributed by atoms with Crippen LogP contribution in [0, 0.1) is 5.92 Å². The monoisotopic (exact) mass is 517 g/mol. The highest BCUT2D eigenvalue weighted by atomic mass is 16.7. The van der Waals surface area contributed by atoms with Gasteiger partial charge < -0.3 is 29.9 Å². The molecule has 1 fully saturated rings. The maximum atomic E-state index is 13.9. The van der Waals surface area contributed by atoms with Gasteiger partial charge in [0, 0.05) is 30.4 Å². The third kappa shape index (κ3) is 4.67. The van der Waals surface area contributed by atoms with Crippen molar-refractivity contribution in [1.29, 1.82) is 0 Å². The van der Waals surface area contributed by atoms with E-state index in [2.05, 4.69) is 20.8 Å². The Balaban J connectivity index is 1.37. The van der Waals surface area contributed by atoms with E-state index < -0.39 is 30.0 Å². The number of hydrogen-bond acceptors (Lipinski definition) is 7. The van der Waals surface area contributed by atoms with Gasteiger partial charge in [-0.15, -0.1) is 0 Å². The summed E-state index contributed by atoms with van der Waals surface area (Å²) in [6.07, 6.45) is 7.20. The van der Waals surface area contributed by atoms with Crippen LogP contribution in [0.15, 0.2) is 66.2 Å². The minimum absolute atomic E-state index is 0.0958. The van der Waals surface area contributed by atoms with Gasteiger partial charge in [0.15, 0.2) is 0 Å². The Morgan fingerprint density at radius 1 is 1.13 bits per heavy atom. The molecule has 0 bridgehead atoms. The predicted molar refractivity (Wildman–Crippen MR) is 142 cm³/mol. The van der Waals surface area contributed by atoms with E-state index in [1.165, 1.54) is 0 Å². The summed E-state index contributed by atoms with van der Waals surface area (Å²) in [6.45, 7) is 3.99. The number of aromatic nitrogens is 2. The number of benzene rings is 1. The molecule has 2 aliphatic rings. The number of imidazole rings is 1. The summed E-state index contributed by atoms with van der Waals surface area (Å²) < 4.78 is 1.76. The predicted octanol–water partition coefficient (Wildman–Crippen LogP) is 1.85. The molecule has 1 aliphatic carbocycles. The van der Waals surface area contributed by atoms with Crippen LogP contribution in [0.25, 0.3) is 5.65 Å². The lowest BCUT2D eigenvalue weighted by Gasteiger charge is -2.36. The van der Waals surface area contributed by atoms with Crippen LogP contribution < -0.4 is 10.6 Å². The molecule has 2 aromatic heterocycles. The van der Waals surface area contributed by atoms with Crippen LogP contribution in [-0.4, -0.2) is 62.2 Å². The summed E-state index contributed by atoms with van der Waals surface area (Å²) >= 11 is 0. The van der Waals surface area contributed by atoms with Gasteiger partial charge in [-0.25, -0.2) is 4.98 Å². The molecule has 11 heteroatoms. The van der Waals surface area contributed by atoms with E-state index >= 15 is 0 Å². The molecule has 10 nitrogen and oxygen atoms in total. The Hall–Kier alpha value is -3.70. The molecule has 1 aliphatic heterocycles. The topological polar surface area (TPSA) is 138 Å². The molecule has 1 aromatic carbocycles. The fraction of sp³-hybridized carbons (Fsp3) is 0.407. The summed E-state index contributed by atoms with van der Waals surface area (Å²) in [5.74, 6) is -1.47. The van der Waals surface area contributed by atoms with Crippen LogP contribution in [-0.2, 0) is 15.0 Å². The minimum atomic E-state index is -1.71. The van der Waals surface area contributed by atoms with Crippen molar-refractivity contribution in [3.8, 4) is 0 Å². The standard InChI is InChI=1S/C27H32BN5O5/c1-18(2)15-22(28(36)37)31-25(35)27(26(10-11-26)19-7-4-3-5-8-19)16-20(32-38-27)17-30-24(34)21-9-6-13-33-14-12-29-23(21)33/h3-9,12-14,18,22,36-37H,10-11,15-17H2,1-2H3,(H,30,34)(H,31,35). The largest absolute Gasteiger partial charge is 0.475 e. The fourth-order valence-electron chi connectivity index (χ4n) is 5.44. The number of carbonyl (C=O) groups is 2. The fourth-order valence-corrected chi connectivity index (χ4v) is 5.44. The summed E-state index contributed by atoms with van der Waals surface area (Å²) in [4.78, 5) is 37.2. The number of nitrogens with zero attached hydrogens (tertiary/aromatic N) is 3. The van der Waals surface area contributed by atoms with Gasteiger partial charge >= 0.3 is 7.12 Å². The number of rotatable bonds is 10. The van der Waals surface area contributed by atoms with Crippen molar-refractivity contribution in [1.82, 2.24) is 20.0 Å². The van der Waals surface area contributed by atoms with E-state index in [1.54, 1.807) is 28.9 Å². The van der Waals surface area contributed by atoms with E-state index in [0.29, 0.717) is 23.3 Å². The first-order valence-corrected chi connectivity index (χ1v) is 12.9. The second-order valence-electron chi connectivity index (χ2n) is 10.6. The highest BCUT2D eigenvalue weighted by Gasteiger charge is 2.69. The first-order valence-electron chi connectivity index (χ1n) is 12.9. The molecule has 2 atom stereocenters. The van der Waals surface area contributed by atoms with E-state index in [1.807, 2.05) is 50.4 Å². The zero-order valence-corrected chi connectivity index (χ0v) is 21.5. The average Bonchev–Trinajstić information content (AvgIpc) is 3.37. The van der Waals surface area contributed by atoms with E-state index in [0.717, 1.165) is 18.4 Å². The van der Waals surface area contributed by atoms with Gasteiger partial charge in [0.05, 0.1) is 23.8 Å². The number of oxime groups is 1. The Morgan fingerprint density at radius 3 is 2.58 bits per heavy atom. The molecule has 2 unspecified atom stereocenters. The first-order chi connectivity index (χ1) is 18.3. The second-order valence-corrected chi connectivity index (χ2v) is 10.6. The van der Waals surface area contributed by atoms with Gasteiger partial charge in [-0.2, -0.15) is 0 Å². The van der Waals surface area contributed by atoms with Gasteiger partial charge in [0.25, 0.3) is 11.8 Å². The van der Waals surface area contributed by atoms with Crippen LogP contribution in [0.3, 0.4) is 0 Å². The minimum Gasteiger partial charge on any atom is -0.426 e. The van der Waals surface area contributed by atoms with Crippen molar-refractivity contribution in [3.05, 3.63) is 72.2 Å². The molecular weight excluding hydrogens is 485 g/mol. The van der Waals surface area contributed by atoms with Crippen molar-refractivity contribution in [2.75, 3.05) is 6.54 Å². The molecule has 0 saturated heterocycles. The lowest BCUT2D eigenvalue weighted by Crippen LogP contribution is -2.60. The molecule has 3 aromatic rings. The third-order valence-electron chi connectivity index (χ3n) is 7.52. The quantitative estimate of drug-likeness (QED) is 0.303. The molecule has 5 rings (SSSR count). The zero-order valence-electron chi connectivity index (χ0n) is 21.5. The molecule has 0 spiro atoms. The molecule has 3 heterocycles. The molecule has 4 N–H and O–H groups in total. The lowest BCUT2D eigenvalue weighted by molar-refractivity contribution is -0.149. The van der Waals surface area contributed by atoms with Gasteiger partial charge in [0.1, 0.15) is 5.65 Å². The maximum absolute atomic E-state index is 13.9. The summed E-state index contributed by atoms with van der Waals surface area (Å²) in [6, 6.07) is 13.2. The van der Waals surface area contributed by atoms with Crippen molar-refractivity contribution < 1.29 is 24.5 Å². The van der Waals surface area contributed by atoms with Gasteiger partial charge in [0.2, 0.25) is 5.60 Å². The van der Waals surface area contributed by atoms with Crippen LogP contribution in [0.2, 0.25) is 0 Å². The number of nitrogens with one attached hydrogen (secondary N) is 2. The normalized spacial score (nSPS) is 20.5. The third-order valence-corrected chi connectivity index (χ3v) is 7.52. The van der Waals surface area contributed by atoms with Crippen molar-refractivity contribution >= 4 is 30.3 Å². The Bertz CT molecular complexity index is 1350. The van der Waals surface area contributed by atoms with Crippen LogP contribution in [0.5, 0.6) is 0 Å². The van der Waals surface area contributed by atoms with Crippen molar-refractivity contribution in [2.24, 2.45) is 11.1 Å². The summed E-state index contributed by atoms with van der Waals surface area (Å²) in [7, 11) is -1.71. The SMILES string of the molecule is CC(C)CC(NC(=O)C1(C2(c3ccccc3)CC2)CC(CNC(=O)c2cccn3ccnc23)=NO1)B(O)O. The second kappa shape index (κ2) is 10.2. The van der Waals surface area contributed by atoms with Crippen molar-refractivity contribution in [2.45, 2.75) is 56.5 Å². The molecule has 198 valence electrons. The van der Waals surface area contributed by atoms with E-state index in [9.17, 15) is 19.6 Å². The molecular formula is C27H32BN5O5. The smallest absolute Gasteiger partial charge is 0.426 e. The number of carbonyl (C=O) groups excluding carboxylic acids is 2. The Labute approximate surface area is 221 Å². The Morgan fingerprint density at radius 2 is 1.89 bits per heavy atom. The van der Waals surface area contributed by atoms with Crippen LogP contribution >= 0.6 is 0 Å². The van der Waals surface area contributed by atoms with Gasteiger partial charge in [-0.3, -0.25) is 9.59 Å². The molecule has 0 radical (unpaired) electrons. The summed E-state index contributed by atoms with van der Waals surface area (Å²) in [5, 5.41) is 29.9. The first kappa shape index (κ1) is 25.9. The van der Waals surface area contributed by atoms with Crippen LogP contribution in [0.1, 0.15) is 55.5 Å². The molecule has 1 saturated carbocycles. The zero-order chi connectivity index (χ0) is 26.9. The number of pyridine rings is 1. The molecule has 38 heavy (non-hydrogen) atoms.